The van der Waals surface area contributed by atoms with Gasteiger partial charge in [-0.3, -0.25) is 0 Å². The standard InChI is InChI=1S/C16H11BrFN5/c17-12-5-1-10(2-6-12)14-9-15(11-3-7-13(18)8-4-11)23-16(19-14)20-21-22-23/h1-9,15H,(H,19,20,22)/t15-/m0/s1. The van der Waals surface area contributed by atoms with Gasteiger partial charge in [0.1, 0.15) is 11.9 Å². The second-order valence-corrected chi connectivity index (χ2v) is 6.07. The first kappa shape index (κ1) is 14.1. The van der Waals surface area contributed by atoms with Crippen LogP contribution < -0.4 is 5.32 Å². The maximum Gasteiger partial charge on any atom is 0.248 e. The van der Waals surface area contributed by atoms with Crippen LogP contribution in [0.15, 0.2) is 59.1 Å². The summed E-state index contributed by atoms with van der Waals surface area (Å²) in [6.07, 6.45) is 2.03. The minimum Gasteiger partial charge on any atom is -0.323 e. The molecule has 1 aromatic heterocycles. The molecular weight excluding hydrogens is 361 g/mol. The summed E-state index contributed by atoms with van der Waals surface area (Å²) in [7, 11) is 0. The van der Waals surface area contributed by atoms with Crippen LogP contribution in [0.3, 0.4) is 0 Å². The molecule has 0 amide bonds. The third kappa shape index (κ3) is 2.63. The Hall–Kier alpha value is -2.54. The number of hydrogen-bond acceptors (Lipinski definition) is 4. The molecule has 0 fully saturated rings. The van der Waals surface area contributed by atoms with E-state index in [0.29, 0.717) is 5.95 Å². The first-order valence-corrected chi connectivity index (χ1v) is 7.78. The van der Waals surface area contributed by atoms with Gasteiger partial charge in [0.2, 0.25) is 5.95 Å². The molecule has 4 rings (SSSR count). The van der Waals surface area contributed by atoms with Gasteiger partial charge in [-0.15, -0.1) is 0 Å². The molecule has 2 heterocycles. The molecule has 5 nitrogen and oxygen atoms in total. The van der Waals surface area contributed by atoms with Gasteiger partial charge in [0.15, 0.2) is 0 Å². The number of nitrogens with zero attached hydrogens (tertiary/aromatic N) is 4. The Bertz CT molecular complexity index is 870. The number of hydrogen-bond donors (Lipinski definition) is 1. The van der Waals surface area contributed by atoms with Crippen LogP contribution >= 0.6 is 15.9 Å². The van der Waals surface area contributed by atoms with Gasteiger partial charge < -0.3 is 5.32 Å². The molecule has 0 bridgehead atoms. The molecule has 0 aliphatic carbocycles. The summed E-state index contributed by atoms with van der Waals surface area (Å²) in [5.41, 5.74) is 2.85. The third-order valence-electron chi connectivity index (χ3n) is 3.69. The van der Waals surface area contributed by atoms with E-state index in [9.17, 15) is 4.39 Å². The molecule has 1 N–H and O–H groups in total. The Morgan fingerprint density at radius 3 is 2.52 bits per heavy atom. The zero-order valence-electron chi connectivity index (χ0n) is 11.8. The predicted octanol–water partition coefficient (Wildman–Crippen LogP) is 3.63. The average molecular weight is 372 g/mol. The van der Waals surface area contributed by atoms with E-state index in [4.69, 9.17) is 0 Å². The molecule has 1 aliphatic heterocycles. The lowest BCUT2D eigenvalue weighted by Crippen LogP contribution is -2.20. The lowest BCUT2D eigenvalue weighted by Gasteiger charge is -2.23. The van der Waals surface area contributed by atoms with Crippen molar-refractivity contribution >= 4 is 27.6 Å². The maximum absolute atomic E-state index is 13.2. The number of allylic oxidation sites excluding steroid dienone is 1. The Kier molecular flexibility index (Phi) is 3.42. The molecular formula is C16H11BrFN5. The molecule has 1 atom stereocenters. The van der Waals surface area contributed by atoms with Crippen molar-refractivity contribution < 1.29 is 4.39 Å². The van der Waals surface area contributed by atoms with E-state index in [2.05, 4.69) is 36.8 Å². The Labute approximate surface area is 140 Å². The highest BCUT2D eigenvalue weighted by Gasteiger charge is 2.24. The Balaban J connectivity index is 1.79. The van der Waals surface area contributed by atoms with E-state index >= 15 is 0 Å². The normalized spacial score (nSPS) is 16.4. The molecule has 1 aliphatic rings. The molecule has 0 saturated carbocycles. The second kappa shape index (κ2) is 5.58. The summed E-state index contributed by atoms with van der Waals surface area (Å²) < 4.78 is 15.9. The first-order valence-electron chi connectivity index (χ1n) is 6.99. The highest BCUT2D eigenvalue weighted by atomic mass is 79.9. The summed E-state index contributed by atoms with van der Waals surface area (Å²) in [6.45, 7) is 0. The summed E-state index contributed by atoms with van der Waals surface area (Å²) in [5, 5.41) is 15.0. The number of benzene rings is 2. The van der Waals surface area contributed by atoms with E-state index in [1.807, 2.05) is 30.3 Å². The van der Waals surface area contributed by atoms with Crippen LogP contribution in [0.5, 0.6) is 0 Å². The Morgan fingerprint density at radius 1 is 1.04 bits per heavy atom. The van der Waals surface area contributed by atoms with Crippen molar-refractivity contribution in [3.63, 3.8) is 0 Å². The molecule has 114 valence electrons. The molecule has 3 aromatic rings. The SMILES string of the molecule is Fc1ccc([C@@H]2C=C(c3ccc(Br)cc3)Nc3nnnn32)cc1. The summed E-state index contributed by atoms with van der Waals surface area (Å²) in [6, 6.07) is 14.1. The van der Waals surface area contributed by atoms with Gasteiger partial charge in [-0.25, -0.2) is 4.39 Å². The quantitative estimate of drug-likeness (QED) is 0.747. The van der Waals surface area contributed by atoms with Crippen molar-refractivity contribution in [1.29, 1.82) is 0 Å². The van der Waals surface area contributed by atoms with Crippen molar-refractivity contribution in [2.75, 3.05) is 5.32 Å². The van der Waals surface area contributed by atoms with Crippen molar-refractivity contribution in [2.24, 2.45) is 0 Å². The van der Waals surface area contributed by atoms with E-state index in [0.717, 1.165) is 21.3 Å². The fraction of sp³-hybridized carbons (Fsp3) is 0.0625. The minimum atomic E-state index is -0.267. The first-order chi connectivity index (χ1) is 11.2. The maximum atomic E-state index is 13.2. The Morgan fingerprint density at radius 2 is 1.78 bits per heavy atom. The highest BCUT2D eigenvalue weighted by Crippen LogP contribution is 2.31. The van der Waals surface area contributed by atoms with E-state index < -0.39 is 0 Å². The number of aromatic nitrogens is 4. The molecule has 0 radical (unpaired) electrons. The molecule has 23 heavy (non-hydrogen) atoms. The van der Waals surface area contributed by atoms with Crippen LogP contribution in [0, 0.1) is 5.82 Å². The number of tetrazole rings is 1. The summed E-state index contributed by atoms with van der Waals surface area (Å²) in [4.78, 5) is 0. The zero-order valence-corrected chi connectivity index (χ0v) is 13.4. The van der Waals surface area contributed by atoms with E-state index in [-0.39, 0.29) is 11.9 Å². The fourth-order valence-corrected chi connectivity index (χ4v) is 2.81. The van der Waals surface area contributed by atoms with Crippen molar-refractivity contribution in [2.45, 2.75) is 6.04 Å². The number of anilines is 1. The van der Waals surface area contributed by atoms with Crippen LogP contribution in [-0.2, 0) is 0 Å². The number of rotatable bonds is 2. The average Bonchev–Trinajstić information content (AvgIpc) is 3.04. The lowest BCUT2D eigenvalue weighted by atomic mass is 10.0. The largest absolute Gasteiger partial charge is 0.323 e. The van der Waals surface area contributed by atoms with E-state index in [1.165, 1.54) is 12.1 Å². The number of nitrogens with one attached hydrogen (secondary N) is 1. The smallest absolute Gasteiger partial charge is 0.248 e. The van der Waals surface area contributed by atoms with Crippen molar-refractivity contribution in [1.82, 2.24) is 20.2 Å². The van der Waals surface area contributed by atoms with Crippen molar-refractivity contribution in [3.05, 3.63) is 76.0 Å². The van der Waals surface area contributed by atoms with Gasteiger partial charge in [0.05, 0.1) is 0 Å². The van der Waals surface area contributed by atoms with Gasteiger partial charge in [0.25, 0.3) is 0 Å². The number of fused-ring (bicyclic) bond motifs is 1. The molecule has 0 saturated heterocycles. The number of halogens is 2. The third-order valence-corrected chi connectivity index (χ3v) is 4.22. The topological polar surface area (TPSA) is 55.6 Å². The monoisotopic (exact) mass is 371 g/mol. The predicted molar refractivity (Wildman–Crippen MR) is 88.1 cm³/mol. The molecule has 2 aromatic carbocycles. The van der Waals surface area contributed by atoms with Crippen LogP contribution in [0.25, 0.3) is 5.70 Å². The molecule has 0 spiro atoms. The lowest BCUT2D eigenvalue weighted by molar-refractivity contribution is 0.582. The van der Waals surface area contributed by atoms with Gasteiger partial charge in [-0.1, -0.05) is 45.3 Å². The second-order valence-electron chi connectivity index (χ2n) is 5.16. The van der Waals surface area contributed by atoms with Crippen molar-refractivity contribution in [3.8, 4) is 0 Å². The van der Waals surface area contributed by atoms with Crippen LogP contribution in [0.4, 0.5) is 10.3 Å². The molecule has 0 unspecified atom stereocenters. The fourth-order valence-electron chi connectivity index (χ4n) is 2.55. The summed E-state index contributed by atoms with van der Waals surface area (Å²) >= 11 is 3.43. The van der Waals surface area contributed by atoms with Gasteiger partial charge in [-0.05, 0) is 51.9 Å². The van der Waals surface area contributed by atoms with Gasteiger partial charge >= 0.3 is 0 Å². The van der Waals surface area contributed by atoms with Gasteiger partial charge in [0, 0.05) is 10.2 Å². The van der Waals surface area contributed by atoms with Crippen LogP contribution in [-0.4, -0.2) is 20.2 Å². The molecule has 7 heteroatoms. The van der Waals surface area contributed by atoms with Crippen LogP contribution in [0.2, 0.25) is 0 Å². The highest BCUT2D eigenvalue weighted by molar-refractivity contribution is 9.10. The zero-order chi connectivity index (χ0) is 15.8. The van der Waals surface area contributed by atoms with Gasteiger partial charge in [-0.2, -0.15) is 4.68 Å². The summed E-state index contributed by atoms with van der Waals surface area (Å²) in [5.74, 6) is 0.288. The van der Waals surface area contributed by atoms with E-state index in [1.54, 1.807) is 16.8 Å². The minimum absolute atomic E-state index is 0.194. The van der Waals surface area contributed by atoms with Crippen LogP contribution in [0.1, 0.15) is 17.2 Å².